The molecule has 0 aliphatic carbocycles. The number of nitrogens with zero attached hydrogens (tertiary/aromatic N) is 5. The Morgan fingerprint density at radius 2 is 1.06 bits per heavy atom. The number of benzene rings is 4. The normalized spacial score (nSPS) is 11.3. The molecule has 0 aliphatic rings. The molecule has 3 heterocycles. The Bertz CT molecular complexity index is 1830. The van der Waals surface area contributed by atoms with Gasteiger partial charge in [-0.1, -0.05) is 97.1 Å². The van der Waals surface area contributed by atoms with Gasteiger partial charge < -0.3 is 0 Å². The van der Waals surface area contributed by atoms with Crippen LogP contribution in [0.4, 0.5) is 0 Å². The van der Waals surface area contributed by atoms with Crippen LogP contribution >= 0.6 is 0 Å². The fourth-order valence-corrected chi connectivity index (χ4v) is 4.65. The third-order valence-corrected chi connectivity index (χ3v) is 6.35. The molecule has 0 atom stereocenters. The van der Waals surface area contributed by atoms with Crippen molar-refractivity contribution in [3.63, 3.8) is 0 Å². The van der Waals surface area contributed by atoms with E-state index in [-0.39, 0.29) is 0 Å². The molecule has 0 unspecified atom stereocenters. The van der Waals surface area contributed by atoms with E-state index < -0.39 is 0 Å². The third kappa shape index (κ3) is 3.37. The molecule has 0 amide bonds. The summed E-state index contributed by atoms with van der Waals surface area (Å²) in [7, 11) is 0. The Morgan fingerprint density at radius 1 is 0.417 bits per heavy atom. The maximum absolute atomic E-state index is 5.02. The van der Waals surface area contributed by atoms with E-state index in [0.717, 1.165) is 49.4 Å². The van der Waals surface area contributed by atoms with Crippen molar-refractivity contribution in [2.75, 3.05) is 0 Å². The largest absolute Gasteiger partial charge is 0.254 e. The Morgan fingerprint density at radius 3 is 1.78 bits per heavy atom. The second-order valence-electron chi connectivity index (χ2n) is 8.58. The predicted molar refractivity (Wildman–Crippen MR) is 144 cm³/mol. The summed E-state index contributed by atoms with van der Waals surface area (Å²) in [5.74, 6) is 1.88. The zero-order chi connectivity index (χ0) is 23.9. The summed E-state index contributed by atoms with van der Waals surface area (Å²) in [6.45, 7) is 0. The number of fused-ring (bicyclic) bond motifs is 4. The van der Waals surface area contributed by atoms with Crippen LogP contribution in [-0.2, 0) is 0 Å². The summed E-state index contributed by atoms with van der Waals surface area (Å²) >= 11 is 0. The van der Waals surface area contributed by atoms with E-state index >= 15 is 0 Å². The molecule has 0 saturated carbocycles. The molecule has 0 spiro atoms. The van der Waals surface area contributed by atoms with Crippen molar-refractivity contribution in [1.29, 1.82) is 0 Å². The van der Waals surface area contributed by atoms with Gasteiger partial charge in [0.1, 0.15) is 0 Å². The third-order valence-electron chi connectivity index (χ3n) is 6.35. The zero-order valence-electron chi connectivity index (χ0n) is 19.2. The second kappa shape index (κ2) is 8.32. The van der Waals surface area contributed by atoms with Crippen LogP contribution in [0.1, 0.15) is 0 Å². The van der Waals surface area contributed by atoms with Crippen molar-refractivity contribution in [3.05, 3.63) is 115 Å². The topological polar surface area (TPSA) is 64.5 Å². The first kappa shape index (κ1) is 20.4. The van der Waals surface area contributed by atoms with E-state index in [9.17, 15) is 0 Å². The molecule has 7 rings (SSSR count). The van der Waals surface area contributed by atoms with E-state index in [4.69, 9.17) is 19.9 Å². The van der Waals surface area contributed by atoms with Crippen LogP contribution in [0.25, 0.3) is 66.9 Å². The predicted octanol–water partition coefficient (Wildman–Crippen LogP) is 7.12. The Kier molecular flexibility index (Phi) is 4.71. The average molecular weight is 462 g/mol. The highest BCUT2D eigenvalue weighted by Crippen LogP contribution is 2.36. The molecule has 5 heteroatoms. The van der Waals surface area contributed by atoms with Gasteiger partial charge in [0, 0.05) is 39.0 Å². The van der Waals surface area contributed by atoms with Gasteiger partial charge in [-0.25, -0.2) is 19.9 Å². The molecule has 7 aromatic rings. The molecular formula is C31H19N5. The van der Waals surface area contributed by atoms with Crippen LogP contribution in [0.2, 0.25) is 0 Å². The van der Waals surface area contributed by atoms with Gasteiger partial charge in [-0.2, -0.15) is 0 Å². The molecule has 0 saturated heterocycles. The molecule has 0 fully saturated rings. The fourth-order valence-electron chi connectivity index (χ4n) is 4.65. The minimum absolute atomic E-state index is 0.613. The monoisotopic (exact) mass is 461 g/mol. The molecule has 3 aromatic heterocycles. The van der Waals surface area contributed by atoms with Gasteiger partial charge in [-0.05, 0) is 12.1 Å². The lowest BCUT2D eigenvalue weighted by atomic mass is 10.00. The van der Waals surface area contributed by atoms with Crippen LogP contribution in [0, 0.1) is 0 Å². The Hall–Kier alpha value is -5.03. The molecule has 4 aromatic carbocycles. The quantitative estimate of drug-likeness (QED) is 0.207. The smallest absolute Gasteiger partial charge is 0.165 e. The van der Waals surface area contributed by atoms with E-state index in [1.165, 1.54) is 0 Å². The molecule has 0 radical (unpaired) electrons. The first-order chi connectivity index (χ1) is 17.8. The van der Waals surface area contributed by atoms with Crippen molar-refractivity contribution < 1.29 is 0 Å². The maximum atomic E-state index is 5.02. The molecule has 0 aliphatic heterocycles. The van der Waals surface area contributed by atoms with Crippen molar-refractivity contribution in [1.82, 2.24) is 24.9 Å². The van der Waals surface area contributed by atoms with Gasteiger partial charge in [-0.15, -0.1) is 0 Å². The summed E-state index contributed by atoms with van der Waals surface area (Å²) in [5, 5.41) is 3.00. The van der Waals surface area contributed by atoms with Crippen molar-refractivity contribution in [2.45, 2.75) is 0 Å². The SMILES string of the molecule is c1ccc(-c2nc(-c3ccccc3)nc(-c3c4ccccc4nc4c3ccc3cccnc34)n2)cc1. The van der Waals surface area contributed by atoms with Crippen molar-refractivity contribution >= 4 is 32.7 Å². The van der Waals surface area contributed by atoms with Gasteiger partial charge in [0.2, 0.25) is 0 Å². The standard InChI is InChI=1S/C31H19N5/c1-3-10-21(11-4-1)29-34-30(22-12-5-2-6-13-22)36-31(35-29)26-23-15-7-8-16-25(23)33-28-24(26)18-17-20-14-9-19-32-27(20)28/h1-19H. The van der Waals surface area contributed by atoms with Gasteiger partial charge >= 0.3 is 0 Å². The average Bonchev–Trinajstić information content (AvgIpc) is 2.96. The summed E-state index contributed by atoms with van der Waals surface area (Å²) in [4.78, 5) is 24.6. The number of rotatable bonds is 3. The molecule has 0 bridgehead atoms. The van der Waals surface area contributed by atoms with E-state index in [1.807, 2.05) is 91.1 Å². The summed E-state index contributed by atoms with van der Waals surface area (Å²) in [6.07, 6.45) is 1.81. The molecule has 0 N–H and O–H groups in total. The van der Waals surface area contributed by atoms with E-state index in [2.05, 4.69) is 29.2 Å². The fraction of sp³-hybridized carbons (Fsp3) is 0. The van der Waals surface area contributed by atoms with Crippen molar-refractivity contribution in [3.8, 4) is 34.2 Å². The van der Waals surface area contributed by atoms with Gasteiger partial charge in [0.25, 0.3) is 0 Å². The maximum Gasteiger partial charge on any atom is 0.165 e. The van der Waals surface area contributed by atoms with E-state index in [1.54, 1.807) is 0 Å². The summed E-state index contributed by atoms with van der Waals surface area (Å²) in [5.41, 5.74) is 5.38. The minimum atomic E-state index is 0.613. The lowest BCUT2D eigenvalue weighted by molar-refractivity contribution is 1.08. The van der Waals surface area contributed by atoms with Crippen LogP contribution in [-0.4, -0.2) is 24.9 Å². The minimum Gasteiger partial charge on any atom is -0.254 e. The lowest BCUT2D eigenvalue weighted by Gasteiger charge is -2.13. The molecule has 5 nitrogen and oxygen atoms in total. The van der Waals surface area contributed by atoms with Crippen LogP contribution in [0.5, 0.6) is 0 Å². The van der Waals surface area contributed by atoms with Crippen LogP contribution in [0.3, 0.4) is 0 Å². The second-order valence-corrected chi connectivity index (χ2v) is 8.58. The number of aromatic nitrogens is 5. The van der Waals surface area contributed by atoms with Gasteiger partial charge in [-0.3, -0.25) is 4.98 Å². The number of pyridine rings is 2. The lowest BCUT2D eigenvalue weighted by Crippen LogP contribution is -2.01. The van der Waals surface area contributed by atoms with Crippen LogP contribution < -0.4 is 0 Å². The molecule has 168 valence electrons. The molecule has 36 heavy (non-hydrogen) atoms. The van der Waals surface area contributed by atoms with Gasteiger partial charge in [0.15, 0.2) is 17.5 Å². The highest BCUT2D eigenvalue weighted by Gasteiger charge is 2.19. The highest BCUT2D eigenvalue weighted by atomic mass is 15.0. The summed E-state index contributed by atoms with van der Waals surface area (Å²) in [6, 6.07) is 36.4. The van der Waals surface area contributed by atoms with Crippen LogP contribution in [0.15, 0.2) is 115 Å². The number of hydrogen-bond donors (Lipinski definition) is 0. The zero-order valence-corrected chi connectivity index (χ0v) is 19.2. The van der Waals surface area contributed by atoms with Crippen molar-refractivity contribution in [2.24, 2.45) is 0 Å². The van der Waals surface area contributed by atoms with Gasteiger partial charge in [0.05, 0.1) is 16.6 Å². The molecular weight excluding hydrogens is 442 g/mol. The highest BCUT2D eigenvalue weighted by molar-refractivity contribution is 6.15. The number of para-hydroxylation sites is 1. The summed E-state index contributed by atoms with van der Waals surface area (Å²) < 4.78 is 0. The Balaban J connectivity index is 1.61. The Labute approximate surface area is 207 Å². The first-order valence-corrected chi connectivity index (χ1v) is 11.8. The first-order valence-electron chi connectivity index (χ1n) is 11.8. The number of hydrogen-bond acceptors (Lipinski definition) is 5. The van der Waals surface area contributed by atoms with E-state index in [0.29, 0.717) is 17.5 Å².